The number of benzene rings is 1. The molecule has 0 aliphatic carbocycles. The maximum Gasteiger partial charge on any atom is 0.126 e. The first-order chi connectivity index (χ1) is 7.58. The highest BCUT2D eigenvalue weighted by Gasteiger charge is 2.16. The molecule has 0 aliphatic rings. The van der Waals surface area contributed by atoms with Crippen LogP contribution in [0.1, 0.15) is 17.2 Å². The second kappa shape index (κ2) is 4.61. The van der Waals surface area contributed by atoms with Gasteiger partial charge in [-0.1, -0.05) is 0 Å². The van der Waals surface area contributed by atoms with Gasteiger partial charge in [-0.3, -0.25) is 0 Å². The summed E-state index contributed by atoms with van der Waals surface area (Å²) in [6.45, 7) is 0. The number of thiophene rings is 1. The molecule has 1 unspecified atom stereocenters. The summed E-state index contributed by atoms with van der Waals surface area (Å²) in [6, 6.07) is 3.02. The van der Waals surface area contributed by atoms with E-state index in [1.54, 1.807) is 10.8 Å². The molecular formula is C11H7BrF2OS. The van der Waals surface area contributed by atoms with Crippen molar-refractivity contribution in [2.75, 3.05) is 0 Å². The molecule has 2 rings (SSSR count). The lowest BCUT2D eigenvalue weighted by molar-refractivity contribution is 0.219. The molecule has 1 nitrogen and oxygen atoms in total. The Kier molecular flexibility index (Phi) is 3.37. The SMILES string of the molecule is OC(c1cc(F)cc(F)c1)c1cscc1Br. The molecule has 0 amide bonds. The minimum atomic E-state index is -1.02. The molecular weight excluding hydrogens is 298 g/mol. The predicted molar refractivity (Wildman–Crippen MR) is 62.4 cm³/mol. The second-order valence-corrected chi connectivity index (χ2v) is 4.88. The summed E-state index contributed by atoms with van der Waals surface area (Å²) in [5, 5.41) is 13.5. The molecule has 1 atom stereocenters. The van der Waals surface area contributed by atoms with Gasteiger partial charge in [0.05, 0.1) is 0 Å². The van der Waals surface area contributed by atoms with Crippen LogP contribution in [0.15, 0.2) is 33.4 Å². The zero-order valence-corrected chi connectivity index (χ0v) is 10.4. The molecule has 0 radical (unpaired) electrons. The normalized spacial score (nSPS) is 12.8. The maximum atomic E-state index is 13.0. The van der Waals surface area contributed by atoms with Crippen LogP contribution < -0.4 is 0 Å². The first kappa shape index (κ1) is 11.7. The Bertz CT molecular complexity index is 492. The predicted octanol–water partition coefficient (Wildman–Crippen LogP) is 3.87. The largest absolute Gasteiger partial charge is 0.384 e. The van der Waals surface area contributed by atoms with Crippen LogP contribution in [0.5, 0.6) is 0 Å². The van der Waals surface area contributed by atoms with E-state index in [0.717, 1.165) is 22.7 Å². The van der Waals surface area contributed by atoms with Gasteiger partial charge in [0.25, 0.3) is 0 Å². The standard InChI is InChI=1S/C11H7BrF2OS/c12-10-5-16-4-9(10)11(15)6-1-7(13)3-8(14)2-6/h1-5,11,15H. The van der Waals surface area contributed by atoms with Gasteiger partial charge >= 0.3 is 0 Å². The molecule has 1 aromatic carbocycles. The Morgan fingerprint density at radius 2 is 1.75 bits per heavy atom. The first-order valence-electron chi connectivity index (χ1n) is 4.43. The highest BCUT2D eigenvalue weighted by molar-refractivity contribution is 9.10. The molecule has 84 valence electrons. The molecule has 0 fully saturated rings. The van der Waals surface area contributed by atoms with Gasteiger partial charge in [-0.2, -0.15) is 11.3 Å². The summed E-state index contributed by atoms with van der Waals surface area (Å²) < 4.78 is 26.7. The van der Waals surface area contributed by atoms with E-state index in [2.05, 4.69) is 15.9 Å². The topological polar surface area (TPSA) is 20.2 Å². The molecule has 2 aromatic rings. The molecule has 16 heavy (non-hydrogen) atoms. The average molecular weight is 305 g/mol. The van der Waals surface area contributed by atoms with Crippen molar-refractivity contribution in [2.24, 2.45) is 0 Å². The minimum absolute atomic E-state index is 0.205. The van der Waals surface area contributed by atoms with Crippen molar-refractivity contribution in [3.63, 3.8) is 0 Å². The molecule has 1 aromatic heterocycles. The van der Waals surface area contributed by atoms with Crippen LogP contribution in [0.4, 0.5) is 8.78 Å². The quantitative estimate of drug-likeness (QED) is 0.893. The smallest absolute Gasteiger partial charge is 0.126 e. The summed E-state index contributed by atoms with van der Waals surface area (Å²) in [5.41, 5.74) is 0.812. The van der Waals surface area contributed by atoms with Gasteiger partial charge in [0.1, 0.15) is 17.7 Å². The Balaban J connectivity index is 2.41. The molecule has 1 N–H and O–H groups in total. The Morgan fingerprint density at radius 1 is 1.12 bits per heavy atom. The van der Waals surface area contributed by atoms with E-state index in [9.17, 15) is 13.9 Å². The Labute approximate surface area is 103 Å². The number of hydrogen-bond acceptors (Lipinski definition) is 2. The van der Waals surface area contributed by atoms with Crippen LogP contribution in [-0.4, -0.2) is 5.11 Å². The van der Waals surface area contributed by atoms with Crippen molar-refractivity contribution >= 4 is 27.3 Å². The fraction of sp³-hybridized carbons (Fsp3) is 0.0909. The summed E-state index contributed by atoms with van der Waals surface area (Å²) in [4.78, 5) is 0. The summed E-state index contributed by atoms with van der Waals surface area (Å²) in [5.74, 6) is -1.39. The minimum Gasteiger partial charge on any atom is -0.384 e. The lowest BCUT2D eigenvalue weighted by Gasteiger charge is -2.10. The third-order valence-electron chi connectivity index (χ3n) is 2.14. The molecule has 0 bridgehead atoms. The lowest BCUT2D eigenvalue weighted by Crippen LogP contribution is -2.00. The van der Waals surface area contributed by atoms with Crippen molar-refractivity contribution in [3.05, 3.63) is 56.2 Å². The Hall–Kier alpha value is -0.780. The van der Waals surface area contributed by atoms with Gasteiger partial charge in [-0.25, -0.2) is 8.78 Å². The second-order valence-electron chi connectivity index (χ2n) is 3.28. The van der Waals surface area contributed by atoms with Crippen molar-refractivity contribution < 1.29 is 13.9 Å². The van der Waals surface area contributed by atoms with Crippen LogP contribution in [-0.2, 0) is 0 Å². The lowest BCUT2D eigenvalue weighted by atomic mass is 10.0. The number of aliphatic hydroxyl groups excluding tert-OH is 1. The van der Waals surface area contributed by atoms with Gasteiger partial charge in [-0.05, 0) is 39.0 Å². The molecule has 1 heterocycles. The average Bonchev–Trinajstić information content (AvgIpc) is 2.62. The summed E-state index contributed by atoms with van der Waals surface area (Å²) in [6.07, 6.45) is -1.02. The number of hydrogen-bond donors (Lipinski definition) is 1. The van der Waals surface area contributed by atoms with E-state index >= 15 is 0 Å². The highest BCUT2D eigenvalue weighted by atomic mass is 79.9. The van der Waals surface area contributed by atoms with E-state index in [0.29, 0.717) is 5.56 Å². The fourth-order valence-electron chi connectivity index (χ4n) is 1.40. The van der Waals surface area contributed by atoms with Gasteiger partial charge in [0, 0.05) is 21.5 Å². The fourth-order valence-corrected chi connectivity index (χ4v) is 2.93. The number of rotatable bonds is 2. The number of aliphatic hydroxyl groups is 1. The van der Waals surface area contributed by atoms with Gasteiger partial charge < -0.3 is 5.11 Å². The maximum absolute atomic E-state index is 13.0. The molecule has 0 saturated heterocycles. The van der Waals surface area contributed by atoms with Crippen molar-refractivity contribution in [2.45, 2.75) is 6.10 Å². The van der Waals surface area contributed by atoms with Crippen molar-refractivity contribution in [1.82, 2.24) is 0 Å². The molecule has 0 spiro atoms. The van der Waals surface area contributed by atoms with E-state index < -0.39 is 17.7 Å². The third-order valence-corrected chi connectivity index (χ3v) is 3.89. The first-order valence-corrected chi connectivity index (χ1v) is 6.17. The zero-order valence-electron chi connectivity index (χ0n) is 7.95. The Morgan fingerprint density at radius 3 is 2.25 bits per heavy atom. The molecule has 5 heteroatoms. The molecule has 0 aliphatic heterocycles. The van der Waals surface area contributed by atoms with Gasteiger partial charge in [0.15, 0.2) is 0 Å². The summed E-state index contributed by atoms with van der Waals surface area (Å²) in [7, 11) is 0. The third kappa shape index (κ3) is 2.31. The van der Waals surface area contributed by atoms with Crippen molar-refractivity contribution in [3.8, 4) is 0 Å². The van der Waals surface area contributed by atoms with E-state index in [1.165, 1.54) is 11.3 Å². The van der Waals surface area contributed by atoms with Crippen molar-refractivity contribution in [1.29, 1.82) is 0 Å². The van der Waals surface area contributed by atoms with E-state index in [1.807, 2.05) is 0 Å². The van der Waals surface area contributed by atoms with Crippen LogP contribution in [0, 0.1) is 11.6 Å². The van der Waals surface area contributed by atoms with Crippen LogP contribution >= 0.6 is 27.3 Å². The monoisotopic (exact) mass is 304 g/mol. The highest BCUT2D eigenvalue weighted by Crippen LogP contribution is 2.31. The number of halogens is 3. The van der Waals surface area contributed by atoms with E-state index in [4.69, 9.17) is 0 Å². The van der Waals surface area contributed by atoms with Gasteiger partial charge in [0.2, 0.25) is 0 Å². The van der Waals surface area contributed by atoms with Gasteiger partial charge in [-0.15, -0.1) is 0 Å². The van der Waals surface area contributed by atoms with E-state index in [-0.39, 0.29) is 5.56 Å². The van der Waals surface area contributed by atoms with Crippen LogP contribution in [0.3, 0.4) is 0 Å². The summed E-state index contributed by atoms with van der Waals surface area (Å²) >= 11 is 4.67. The van der Waals surface area contributed by atoms with Crippen LogP contribution in [0.2, 0.25) is 0 Å². The zero-order chi connectivity index (χ0) is 11.7. The van der Waals surface area contributed by atoms with Crippen LogP contribution in [0.25, 0.3) is 0 Å². The molecule has 0 saturated carbocycles.